The summed E-state index contributed by atoms with van der Waals surface area (Å²) in [5.41, 5.74) is 1.92. The average Bonchev–Trinajstić information content (AvgIpc) is 3.50. The standard InChI is InChI=1S/C25H26ClN7O3/c1-13(2)10-32-22-20(24(35)31(5)25(32)36)21(23-28-19(14(3)34)12-30(23)4)33(29-22)11-15-9-27-18-7-6-16(26)8-17(15)18/h6-9,12-13,27H,10-11H2,1-5H3. The maximum absolute atomic E-state index is 13.5. The van der Waals surface area contributed by atoms with Gasteiger partial charge in [-0.15, -0.1) is 0 Å². The molecule has 186 valence electrons. The fourth-order valence-electron chi connectivity index (χ4n) is 4.53. The molecule has 1 aromatic carbocycles. The van der Waals surface area contributed by atoms with E-state index in [4.69, 9.17) is 16.7 Å². The van der Waals surface area contributed by atoms with E-state index in [-0.39, 0.29) is 35.0 Å². The minimum atomic E-state index is -0.467. The van der Waals surface area contributed by atoms with Crippen LogP contribution in [0.15, 0.2) is 40.2 Å². The molecule has 0 aliphatic carbocycles. The number of Topliss-reactive ketones (excluding diaryl/α,β-unsaturated/α-hetero) is 1. The molecule has 36 heavy (non-hydrogen) atoms. The number of rotatable bonds is 6. The minimum absolute atomic E-state index is 0.144. The van der Waals surface area contributed by atoms with Crippen LogP contribution in [0, 0.1) is 5.92 Å². The predicted octanol–water partition coefficient (Wildman–Crippen LogP) is 3.34. The van der Waals surface area contributed by atoms with Crippen LogP contribution in [-0.2, 0) is 27.2 Å². The second-order valence-electron chi connectivity index (χ2n) is 9.48. The fraction of sp³-hybridized carbons (Fsp3) is 0.320. The monoisotopic (exact) mass is 507 g/mol. The number of aryl methyl sites for hydroxylation is 1. The van der Waals surface area contributed by atoms with Crippen LogP contribution in [0.2, 0.25) is 5.02 Å². The van der Waals surface area contributed by atoms with Gasteiger partial charge < -0.3 is 9.55 Å². The maximum atomic E-state index is 13.5. The highest BCUT2D eigenvalue weighted by molar-refractivity contribution is 6.31. The summed E-state index contributed by atoms with van der Waals surface area (Å²) in [5, 5.41) is 6.58. The molecule has 11 heteroatoms. The van der Waals surface area contributed by atoms with E-state index in [9.17, 15) is 14.4 Å². The van der Waals surface area contributed by atoms with Crippen LogP contribution in [0.1, 0.15) is 36.8 Å². The molecule has 0 saturated carbocycles. The van der Waals surface area contributed by atoms with Crippen LogP contribution in [0.25, 0.3) is 33.5 Å². The number of ketones is 1. The lowest BCUT2D eigenvalue weighted by molar-refractivity contribution is 0.101. The number of carbonyl (C=O) groups excluding carboxylic acids is 1. The second kappa shape index (κ2) is 8.63. The zero-order chi connectivity index (χ0) is 25.9. The molecule has 0 amide bonds. The number of H-pyrrole nitrogens is 1. The number of carbonyl (C=O) groups is 1. The zero-order valence-electron chi connectivity index (χ0n) is 20.7. The Bertz CT molecular complexity index is 1780. The first-order chi connectivity index (χ1) is 17.1. The quantitative estimate of drug-likeness (QED) is 0.354. The molecule has 4 heterocycles. The molecule has 0 aliphatic rings. The molecular weight excluding hydrogens is 482 g/mol. The van der Waals surface area contributed by atoms with E-state index in [0.29, 0.717) is 23.1 Å². The first kappa shape index (κ1) is 23.8. The van der Waals surface area contributed by atoms with Gasteiger partial charge >= 0.3 is 5.69 Å². The Morgan fingerprint density at radius 2 is 1.94 bits per heavy atom. The first-order valence-corrected chi connectivity index (χ1v) is 11.9. The Morgan fingerprint density at radius 3 is 2.61 bits per heavy atom. The second-order valence-corrected chi connectivity index (χ2v) is 9.91. The van der Waals surface area contributed by atoms with E-state index in [1.807, 2.05) is 38.2 Å². The van der Waals surface area contributed by atoms with Gasteiger partial charge in [0.1, 0.15) is 16.8 Å². The van der Waals surface area contributed by atoms with E-state index in [0.717, 1.165) is 21.0 Å². The van der Waals surface area contributed by atoms with Gasteiger partial charge in [0.05, 0.1) is 6.54 Å². The van der Waals surface area contributed by atoms with Gasteiger partial charge in [0.25, 0.3) is 5.56 Å². The summed E-state index contributed by atoms with van der Waals surface area (Å²) in [6.45, 7) is 6.10. The number of aromatic amines is 1. The molecule has 0 spiro atoms. The molecule has 10 nitrogen and oxygen atoms in total. The first-order valence-electron chi connectivity index (χ1n) is 11.6. The molecule has 0 unspecified atom stereocenters. The fourth-order valence-corrected chi connectivity index (χ4v) is 4.70. The lowest BCUT2D eigenvalue weighted by Gasteiger charge is -2.11. The van der Waals surface area contributed by atoms with Gasteiger partial charge in [-0.3, -0.25) is 23.4 Å². The molecule has 1 N–H and O–H groups in total. The molecular formula is C25H26ClN7O3. The van der Waals surface area contributed by atoms with E-state index >= 15 is 0 Å². The summed E-state index contributed by atoms with van der Waals surface area (Å²) < 4.78 is 6.01. The normalized spacial score (nSPS) is 11.9. The third-order valence-electron chi connectivity index (χ3n) is 6.27. The molecule has 0 atom stereocenters. The molecule has 0 bridgehead atoms. The Balaban J connectivity index is 1.85. The van der Waals surface area contributed by atoms with Crippen molar-refractivity contribution in [3.63, 3.8) is 0 Å². The maximum Gasteiger partial charge on any atom is 0.332 e. The number of hydrogen-bond acceptors (Lipinski definition) is 5. The summed E-state index contributed by atoms with van der Waals surface area (Å²) in [6, 6.07) is 5.58. The molecule has 0 fully saturated rings. The van der Waals surface area contributed by atoms with E-state index in [2.05, 4.69) is 9.97 Å². The molecule has 0 radical (unpaired) electrons. The third-order valence-corrected chi connectivity index (χ3v) is 6.51. The Kier molecular flexibility index (Phi) is 5.71. The number of nitrogens with zero attached hydrogens (tertiary/aromatic N) is 6. The Labute approximate surface area is 210 Å². The van der Waals surface area contributed by atoms with E-state index in [1.165, 1.54) is 18.5 Å². The van der Waals surface area contributed by atoms with Crippen molar-refractivity contribution in [2.75, 3.05) is 0 Å². The summed E-state index contributed by atoms with van der Waals surface area (Å²) in [4.78, 5) is 46.4. The van der Waals surface area contributed by atoms with Crippen molar-refractivity contribution in [2.45, 2.75) is 33.9 Å². The lowest BCUT2D eigenvalue weighted by atomic mass is 10.1. The summed E-state index contributed by atoms with van der Waals surface area (Å²) in [7, 11) is 3.22. The third kappa shape index (κ3) is 3.78. The van der Waals surface area contributed by atoms with Crippen molar-refractivity contribution in [3.05, 3.63) is 67.7 Å². The highest BCUT2D eigenvalue weighted by atomic mass is 35.5. The van der Waals surface area contributed by atoms with Crippen LogP contribution < -0.4 is 11.2 Å². The number of halogens is 1. The summed E-state index contributed by atoms with van der Waals surface area (Å²) >= 11 is 6.26. The average molecular weight is 508 g/mol. The van der Waals surface area contributed by atoms with Crippen LogP contribution in [0.4, 0.5) is 0 Å². The minimum Gasteiger partial charge on any atom is -0.361 e. The SMILES string of the molecule is CC(=O)c1cn(C)c(-c2c3c(=O)n(C)c(=O)n(CC(C)C)c3nn2Cc2c[nH]c3ccc(Cl)cc23)n1. The smallest absolute Gasteiger partial charge is 0.332 e. The van der Waals surface area contributed by atoms with Crippen molar-refractivity contribution >= 4 is 39.3 Å². The molecule has 5 aromatic rings. The van der Waals surface area contributed by atoms with Crippen LogP contribution in [0.5, 0.6) is 0 Å². The predicted molar refractivity (Wildman–Crippen MR) is 139 cm³/mol. The number of nitrogens with one attached hydrogen (secondary N) is 1. The highest BCUT2D eigenvalue weighted by Crippen LogP contribution is 2.29. The van der Waals surface area contributed by atoms with Gasteiger partial charge in [0.2, 0.25) is 0 Å². The van der Waals surface area contributed by atoms with Crippen molar-refractivity contribution in [1.82, 2.24) is 33.4 Å². The van der Waals surface area contributed by atoms with Crippen LogP contribution in [0.3, 0.4) is 0 Å². The van der Waals surface area contributed by atoms with Crippen molar-refractivity contribution in [1.29, 1.82) is 0 Å². The summed E-state index contributed by atoms with van der Waals surface area (Å²) in [6.07, 6.45) is 3.50. The van der Waals surface area contributed by atoms with E-state index in [1.54, 1.807) is 22.5 Å². The van der Waals surface area contributed by atoms with Gasteiger partial charge in [-0.05, 0) is 29.7 Å². The van der Waals surface area contributed by atoms with Crippen molar-refractivity contribution < 1.29 is 4.79 Å². The highest BCUT2D eigenvalue weighted by Gasteiger charge is 2.26. The lowest BCUT2D eigenvalue weighted by Crippen LogP contribution is -2.38. The van der Waals surface area contributed by atoms with Gasteiger partial charge in [0, 0.05) is 55.9 Å². The summed E-state index contributed by atoms with van der Waals surface area (Å²) in [5.74, 6) is 0.362. The van der Waals surface area contributed by atoms with E-state index < -0.39 is 11.2 Å². The molecule has 5 rings (SSSR count). The Morgan fingerprint density at radius 1 is 1.19 bits per heavy atom. The largest absolute Gasteiger partial charge is 0.361 e. The number of aromatic nitrogens is 7. The van der Waals surface area contributed by atoms with Crippen molar-refractivity contribution in [3.8, 4) is 11.5 Å². The molecule has 0 saturated heterocycles. The zero-order valence-corrected chi connectivity index (χ0v) is 21.4. The topological polar surface area (TPSA) is 112 Å². The molecule has 0 aliphatic heterocycles. The number of hydrogen-bond donors (Lipinski definition) is 1. The van der Waals surface area contributed by atoms with Gasteiger partial charge in [-0.2, -0.15) is 5.10 Å². The number of fused-ring (bicyclic) bond motifs is 2. The molecule has 4 aromatic heterocycles. The Hall–Kier alpha value is -3.92. The van der Waals surface area contributed by atoms with Gasteiger partial charge in [-0.25, -0.2) is 9.78 Å². The van der Waals surface area contributed by atoms with Crippen LogP contribution in [-0.4, -0.2) is 39.2 Å². The van der Waals surface area contributed by atoms with Crippen LogP contribution >= 0.6 is 11.6 Å². The number of imidazole rings is 1. The van der Waals surface area contributed by atoms with Gasteiger partial charge in [-0.1, -0.05) is 25.4 Å². The van der Waals surface area contributed by atoms with Gasteiger partial charge in [0.15, 0.2) is 17.3 Å². The van der Waals surface area contributed by atoms with Crippen molar-refractivity contribution in [2.24, 2.45) is 20.0 Å². The number of benzene rings is 1.